The van der Waals surface area contributed by atoms with Crippen LogP contribution in [0.3, 0.4) is 0 Å². The lowest BCUT2D eigenvalue weighted by molar-refractivity contribution is -0.137. The average molecular weight is 737 g/mol. The second kappa shape index (κ2) is 13.2. The summed E-state index contributed by atoms with van der Waals surface area (Å²) in [7, 11) is 0. The summed E-state index contributed by atoms with van der Waals surface area (Å²) in [5.41, 5.74) is 0.299. The van der Waals surface area contributed by atoms with Crippen LogP contribution in [0, 0.1) is 6.92 Å². The van der Waals surface area contributed by atoms with E-state index in [1.54, 1.807) is 41.6 Å². The first-order valence-electron chi connectivity index (χ1n) is 15.9. The highest BCUT2D eigenvalue weighted by molar-refractivity contribution is 6.33. The molecule has 0 unspecified atom stereocenters. The Morgan fingerprint density at radius 3 is 2.52 bits per heavy atom. The molecule has 1 fully saturated rings. The van der Waals surface area contributed by atoms with Gasteiger partial charge in [-0.25, -0.2) is 19.5 Å². The van der Waals surface area contributed by atoms with Gasteiger partial charge in [0.15, 0.2) is 22.9 Å². The number of aryl methyl sites for hydroxylation is 1. The number of rotatable bonds is 7. The monoisotopic (exact) mass is 736 g/mol. The number of piperazine rings is 1. The number of aromatic nitrogens is 9. The molecule has 5 aromatic heterocycles. The molecule has 0 spiro atoms. The lowest BCUT2D eigenvalue weighted by Gasteiger charge is -2.36. The van der Waals surface area contributed by atoms with Crippen molar-refractivity contribution in [1.82, 2.24) is 48.6 Å². The van der Waals surface area contributed by atoms with Gasteiger partial charge in [-0.2, -0.15) is 27.8 Å². The Bertz CT molecular complexity index is 2440. The molecule has 1 aromatic carbocycles. The number of carbonyl (C=O) groups is 2. The Kier molecular flexibility index (Phi) is 8.73. The number of fused-ring (bicyclic) bond motifs is 2. The van der Waals surface area contributed by atoms with E-state index in [2.05, 4.69) is 35.5 Å². The van der Waals surface area contributed by atoms with E-state index < -0.39 is 35.7 Å². The molecule has 0 radical (unpaired) electrons. The molecule has 6 aromatic rings. The molecule has 52 heavy (non-hydrogen) atoms. The van der Waals surface area contributed by atoms with E-state index in [9.17, 15) is 32.7 Å². The molecule has 1 aliphatic rings. The van der Waals surface area contributed by atoms with E-state index >= 15 is 0 Å². The summed E-state index contributed by atoms with van der Waals surface area (Å²) in [6.07, 6.45) is -0.132. The van der Waals surface area contributed by atoms with Crippen molar-refractivity contribution in [3.05, 3.63) is 87.2 Å². The molecule has 6 heterocycles. The number of anilines is 2. The van der Waals surface area contributed by atoms with Gasteiger partial charge in [-0.05, 0) is 43.7 Å². The molecular weight excluding hydrogens is 709 g/mol. The van der Waals surface area contributed by atoms with Crippen molar-refractivity contribution in [2.24, 2.45) is 0 Å². The zero-order valence-corrected chi connectivity index (χ0v) is 28.2. The SMILES string of the molecule is CCc1c(N2CCN(C(=O)c3ncnc(C)c3O)CC2)c(=O)n2nc(-c3ccn4ncnc4c3)nc2n1CC(=O)Nc1ccc(C(F)(F)F)cc1Cl. The van der Waals surface area contributed by atoms with Gasteiger partial charge < -0.3 is 24.8 Å². The molecule has 7 rings (SSSR count). The van der Waals surface area contributed by atoms with Crippen LogP contribution in [0.4, 0.5) is 24.5 Å². The summed E-state index contributed by atoms with van der Waals surface area (Å²) >= 11 is 6.12. The fourth-order valence-corrected chi connectivity index (χ4v) is 6.27. The Morgan fingerprint density at radius 2 is 1.81 bits per heavy atom. The van der Waals surface area contributed by atoms with Crippen LogP contribution in [0.1, 0.15) is 34.4 Å². The number of nitrogens with zero attached hydrogens (tertiary/aromatic N) is 11. The van der Waals surface area contributed by atoms with Crippen LogP contribution in [0.25, 0.3) is 22.8 Å². The van der Waals surface area contributed by atoms with Crippen LogP contribution in [-0.4, -0.2) is 91.7 Å². The molecule has 0 bridgehead atoms. The van der Waals surface area contributed by atoms with E-state index in [1.165, 1.54) is 22.1 Å². The first-order chi connectivity index (χ1) is 24.8. The first-order valence-corrected chi connectivity index (χ1v) is 16.3. The van der Waals surface area contributed by atoms with Crippen molar-refractivity contribution in [2.75, 3.05) is 36.4 Å². The van der Waals surface area contributed by atoms with E-state index in [1.807, 2.05) is 0 Å². The van der Waals surface area contributed by atoms with Crippen LogP contribution in [0.2, 0.25) is 5.02 Å². The molecule has 268 valence electrons. The molecule has 0 atom stereocenters. The Labute approximate surface area is 296 Å². The molecule has 1 aliphatic heterocycles. The summed E-state index contributed by atoms with van der Waals surface area (Å²) < 4.78 is 43.8. The van der Waals surface area contributed by atoms with Gasteiger partial charge in [0.25, 0.3) is 11.5 Å². The van der Waals surface area contributed by atoms with Crippen LogP contribution in [-0.2, 0) is 23.9 Å². The normalized spacial score (nSPS) is 13.7. The lowest BCUT2D eigenvalue weighted by atomic mass is 10.2. The van der Waals surface area contributed by atoms with Crippen molar-refractivity contribution >= 4 is 46.2 Å². The molecular formula is C32H28ClF3N12O4. The van der Waals surface area contributed by atoms with Gasteiger partial charge in [0.2, 0.25) is 11.7 Å². The summed E-state index contributed by atoms with van der Waals surface area (Å²) in [5, 5.41) is 21.2. The number of aromatic hydroxyl groups is 1. The van der Waals surface area contributed by atoms with Gasteiger partial charge in [0, 0.05) is 37.9 Å². The van der Waals surface area contributed by atoms with Crippen LogP contribution >= 0.6 is 11.6 Å². The number of pyridine rings is 1. The number of alkyl halides is 3. The minimum absolute atomic E-state index is 0.0375. The second-order valence-electron chi connectivity index (χ2n) is 11.8. The number of nitrogens with one attached hydrogen (secondary N) is 1. The second-order valence-corrected chi connectivity index (χ2v) is 12.2. The van der Waals surface area contributed by atoms with E-state index in [0.29, 0.717) is 16.9 Å². The van der Waals surface area contributed by atoms with E-state index in [4.69, 9.17) is 11.6 Å². The number of amides is 2. The minimum atomic E-state index is -4.63. The summed E-state index contributed by atoms with van der Waals surface area (Å²) in [5.74, 6) is -1.25. The number of halogens is 4. The molecule has 16 nitrogen and oxygen atoms in total. The minimum Gasteiger partial charge on any atom is -0.504 e. The van der Waals surface area contributed by atoms with Gasteiger partial charge in [0.1, 0.15) is 24.9 Å². The maximum absolute atomic E-state index is 14.3. The maximum atomic E-state index is 14.3. The Hall–Kier alpha value is -6.11. The largest absolute Gasteiger partial charge is 0.504 e. The highest BCUT2D eigenvalue weighted by atomic mass is 35.5. The van der Waals surface area contributed by atoms with Crippen LogP contribution in [0.15, 0.2) is 54.0 Å². The van der Waals surface area contributed by atoms with Crippen molar-refractivity contribution < 1.29 is 27.9 Å². The molecule has 1 saturated heterocycles. The lowest BCUT2D eigenvalue weighted by Crippen LogP contribution is -2.51. The smallest absolute Gasteiger partial charge is 0.416 e. The first kappa shape index (κ1) is 34.3. The average Bonchev–Trinajstić information content (AvgIpc) is 3.79. The van der Waals surface area contributed by atoms with Gasteiger partial charge in [-0.3, -0.25) is 14.4 Å². The third kappa shape index (κ3) is 6.22. The van der Waals surface area contributed by atoms with Crippen molar-refractivity contribution in [1.29, 1.82) is 0 Å². The highest BCUT2D eigenvalue weighted by Gasteiger charge is 2.32. The van der Waals surface area contributed by atoms with Crippen LogP contribution < -0.4 is 15.8 Å². The number of hydrogen-bond acceptors (Lipinski definition) is 11. The van der Waals surface area contributed by atoms with Gasteiger partial charge >= 0.3 is 6.18 Å². The van der Waals surface area contributed by atoms with Gasteiger partial charge in [-0.1, -0.05) is 18.5 Å². The Balaban J connectivity index is 1.26. The number of carbonyl (C=O) groups excluding carboxylic acids is 2. The van der Waals surface area contributed by atoms with Crippen LogP contribution in [0.5, 0.6) is 5.75 Å². The molecule has 0 saturated carbocycles. The van der Waals surface area contributed by atoms with Crippen molar-refractivity contribution in [3.63, 3.8) is 0 Å². The fraction of sp³-hybridized carbons (Fsp3) is 0.281. The summed E-state index contributed by atoms with van der Waals surface area (Å²) in [4.78, 5) is 61.1. The zero-order valence-electron chi connectivity index (χ0n) is 27.5. The number of hydrogen-bond donors (Lipinski definition) is 2. The molecule has 2 N–H and O–H groups in total. The van der Waals surface area contributed by atoms with E-state index in [-0.39, 0.29) is 77.7 Å². The molecule has 0 aliphatic carbocycles. The standard InChI is InChI=1S/C32H28ClF3N12O4/c1-3-22-26(44-8-10-45(11-9-44)29(51)25-27(50)17(2)37-15-39-25)30(52)48-31(42-28(43-48)18-6-7-47-23(12-18)38-16-40-47)46(22)14-24(49)41-21-5-4-19(13-20(21)33)32(34,35)36/h4-7,12-13,15-16,50H,3,8-11,14H2,1-2H3,(H,41,49). The van der Waals surface area contributed by atoms with Crippen molar-refractivity contribution in [3.8, 4) is 17.1 Å². The third-order valence-corrected chi connectivity index (χ3v) is 8.98. The Morgan fingerprint density at radius 1 is 1.04 bits per heavy atom. The quantitative estimate of drug-likeness (QED) is 0.246. The predicted molar refractivity (Wildman–Crippen MR) is 180 cm³/mol. The van der Waals surface area contributed by atoms with Crippen molar-refractivity contribution in [2.45, 2.75) is 33.0 Å². The van der Waals surface area contributed by atoms with E-state index in [0.717, 1.165) is 22.7 Å². The summed E-state index contributed by atoms with van der Waals surface area (Å²) in [6.45, 7) is 3.72. The topological polar surface area (TPSA) is 181 Å². The zero-order chi connectivity index (χ0) is 36.9. The predicted octanol–water partition coefficient (Wildman–Crippen LogP) is 3.24. The van der Waals surface area contributed by atoms with Gasteiger partial charge in [-0.15, -0.1) is 5.10 Å². The fourth-order valence-electron chi connectivity index (χ4n) is 6.04. The highest BCUT2D eigenvalue weighted by Crippen LogP contribution is 2.34. The number of benzene rings is 1. The molecule has 2 amide bonds. The maximum Gasteiger partial charge on any atom is 0.416 e. The summed E-state index contributed by atoms with van der Waals surface area (Å²) in [6, 6.07) is 5.97. The third-order valence-electron chi connectivity index (χ3n) is 8.66. The van der Waals surface area contributed by atoms with Gasteiger partial charge in [0.05, 0.1) is 27.7 Å². The molecule has 20 heteroatoms.